The average molecular weight is 355 g/mol. The molecule has 0 bridgehead atoms. The third-order valence-corrected chi connectivity index (χ3v) is 4.01. The Morgan fingerprint density at radius 1 is 1.04 bits per heavy atom. The van der Waals surface area contributed by atoms with Crippen molar-refractivity contribution >= 4 is 17.5 Å². The second-order valence-electron chi connectivity index (χ2n) is 5.65. The SMILES string of the molecule is CCOc1ccc(C(=O)/C(=C/c2cc(OC)ccc2OC)CC)cc1N. The van der Waals surface area contributed by atoms with Crippen molar-refractivity contribution in [3.05, 3.63) is 53.1 Å². The fourth-order valence-electron chi connectivity index (χ4n) is 2.63. The number of carbonyl (C=O) groups is 1. The number of Topliss-reactive ketones (excluding diaryl/α,β-unsaturated/α-hetero) is 1. The van der Waals surface area contributed by atoms with Crippen molar-refractivity contribution in [3.63, 3.8) is 0 Å². The molecule has 0 aliphatic carbocycles. The van der Waals surface area contributed by atoms with Crippen molar-refractivity contribution in [2.24, 2.45) is 0 Å². The molecule has 0 atom stereocenters. The van der Waals surface area contributed by atoms with Gasteiger partial charge < -0.3 is 19.9 Å². The molecule has 0 amide bonds. The van der Waals surface area contributed by atoms with Crippen LogP contribution in [0.1, 0.15) is 36.2 Å². The zero-order valence-electron chi connectivity index (χ0n) is 15.7. The molecule has 0 saturated heterocycles. The Kier molecular flexibility index (Phi) is 6.67. The van der Waals surface area contributed by atoms with E-state index in [1.165, 1.54) is 0 Å². The third-order valence-electron chi connectivity index (χ3n) is 4.01. The molecule has 0 aliphatic heterocycles. The normalized spacial score (nSPS) is 11.2. The van der Waals surface area contributed by atoms with Gasteiger partial charge in [-0.1, -0.05) is 6.92 Å². The van der Waals surface area contributed by atoms with Gasteiger partial charge in [0.15, 0.2) is 5.78 Å². The lowest BCUT2D eigenvalue weighted by Crippen LogP contribution is -2.05. The molecule has 0 radical (unpaired) electrons. The van der Waals surface area contributed by atoms with Crippen molar-refractivity contribution in [3.8, 4) is 17.2 Å². The predicted molar refractivity (Wildman–Crippen MR) is 104 cm³/mol. The smallest absolute Gasteiger partial charge is 0.189 e. The highest BCUT2D eigenvalue weighted by Gasteiger charge is 2.14. The summed E-state index contributed by atoms with van der Waals surface area (Å²) in [6, 6.07) is 10.6. The topological polar surface area (TPSA) is 70.8 Å². The fourth-order valence-corrected chi connectivity index (χ4v) is 2.63. The standard InChI is InChI=1S/C21H25NO4/c1-5-14(11-16-12-17(24-3)8-10-19(16)25-4)21(23)15-7-9-20(26-6-2)18(22)13-15/h7-13H,5-6,22H2,1-4H3/b14-11+. The lowest BCUT2D eigenvalue weighted by Gasteiger charge is -2.11. The van der Waals surface area contributed by atoms with Crippen LogP contribution in [-0.2, 0) is 0 Å². The molecule has 2 aromatic carbocycles. The highest BCUT2D eigenvalue weighted by molar-refractivity contribution is 6.12. The van der Waals surface area contributed by atoms with Gasteiger partial charge in [0.05, 0.1) is 26.5 Å². The number of ketones is 1. The van der Waals surface area contributed by atoms with Gasteiger partial charge in [0.1, 0.15) is 17.2 Å². The first kappa shape index (κ1) is 19.4. The molecule has 138 valence electrons. The van der Waals surface area contributed by atoms with Crippen molar-refractivity contribution in [1.82, 2.24) is 0 Å². The lowest BCUT2D eigenvalue weighted by atomic mass is 9.98. The van der Waals surface area contributed by atoms with Gasteiger partial charge in [0, 0.05) is 16.7 Å². The van der Waals surface area contributed by atoms with E-state index in [1.54, 1.807) is 32.4 Å². The summed E-state index contributed by atoms with van der Waals surface area (Å²) in [6.45, 7) is 4.35. The highest BCUT2D eigenvalue weighted by atomic mass is 16.5. The summed E-state index contributed by atoms with van der Waals surface area (Å²) in [6.07, 6.45) is 2.41. The van der Waals surface area contributed by atoms with Gasteiger partial charge in [-0.3, -0.25) is 4.79 Å². The van der Waals surface area contributed by atoms with E-state index in [9.17, 15) is 4.79 Å². The molecule has 0 aromatic heterocycles. The molecular formula is C21H25NO4. The Balaban J connectivity index is 2.40. The Bertz CT molecular complexity index is 812. The van der Waals surface area contributed by atoms with Crippen molar-refractivity contribution < 1.29 is 19.0 Å². The summed E-state index contributed by atoms with van der Waals surface area (Å²) in [5.41, 5.74) is 8.41. The summed E-state index contributed by atoms with van der Waals surface area (Å²) in [5.74, 6) is 1.88. The predicted octanol–water partition coefficient (Wildman–Crippen LogP) is 4.36. The number of methoxy groups -OCH3 is 2. The third kappa shape index (κ3) is 4.36. The zero-order chi connectivity index (χ0) is 19.1. The van der Waals surface area contributed by atoms with Gasteiger partial charge in [-0.25, -0.2) is 0 Å². The first-order chi connectivity index (χ1) is 12.5. The largest absolute Gasteiger partial charge is 0.497 e. The van der Waals surface area contributed by atoms with Crippen molar-refractivity contribution in [2.75, 3.05) is 26.6 Å². The minimum atomic E-state index is -0.0767. The fraction of sp³-hybridized carbons (Fsp3) is 0.286. The van der Waals surface area contributed by atoms with Gasteiger partial charge in [0.25, 0.3) is 0 Å². The number of allylic oxidation sites excluding steroid dienone is 1. The van der Waals surface area contributed by atoms with E-state index in [2.05, 4.69) is 0 Å². The molecule has 5 nitrogen and oxygen atoms in total. The van der Waals surface area contributed by atoms with Crippen LogP contribution in [0.5, 0.6) is 17.2 Å². The molecule has 0 fully saturated rings. The maximum atomic E-state index is 12.9. The second-order valence-corrected chi connectivity index (χ2v) is 5.65. The summed E-state index contributed by atoms with van der Waals surface area (Å²) in [7, 11) is 3.20. The van der Waals surface area contributed by atoms with Gasteiger partial charge in [-0.15, -0.1) is 0 Å². The number of hydrogen-bond acceptors (Lipinski definition) is 5. The number of anilines is 1. The van der Waals surface area contributed by atoms with Crippen LogP contribution in [0, 0.1) is 0 Å². The number of benzene rings is 2. The molecule has 5 heteroatoms. The van der Waals surface area contributed by atoms with E-state index in [0.717, 1.165) is 5.56 Å². The molecule has 0 saturated carbocycles. The second kappa shape index (κ2) is 8.94. The molecule has 0 aliphatic rings. The van der Waals surface area contributed by atoms with Crippen LogP contribution >= 0.6 is 0 Å². The molecule has 2 N–H and O–H groups in total. The lowest BCUT2D eigenvalue weighted by molar-refractivity contribution is 0.103. The van der Waals surface area contributed by atoms with Gasteiger partial charge in [-0.05, 0) is 55.8 Å². The average Bonchev–Trinajstić information content (AvgIpc) is 2.67. The van der Waals surface area contributed by atoms with Crippen molar-refractivity contribution in [2.45, 2.75) is 20.3 Å². The van der Waals surface area contributed by atoms with E-state index >= 15 is 0 Å². The Hall–Kier alpha value is -2.95. The van der Waals surface area contributed by atoms with Crippen molar-refractivity contribution in [1.29, 1.82) is 0 Å². The molecule has 2 aromatic rings. The minimum absolute atomic E-state index is 0.0767. The minimum Gasteiger partial charge on any atom is -0.497 e. The van der Waals surface area contributed by atoms with Crippen LogP contribution in [0.4, 0.5) is 5.69 Å². The molecule has 26 heavy (non-hydrogen) atoms. The number of hydrogen-bond donors (Lipinski definition) is 1. The summed E-state index contributed by atoms with van der Waals surface area (Å²) >= 11 is 0. The van der Waals surface area contributed by atoms with Crippen LogP contribution in [-0.4, -0.2) is 26.6 Å². The van der Waals surface area contributed by atoms with Crippen LogP contribution in [0.2, 0.25) is 0 Å². The first-order valence-corrected chi connectivity index (χ1v) is 8.53. The number of nitrogens with two attached hydrogens (primary N) is 1. The van der Waals surface area contributed by atoms with Crippen LogP contribution < -0.4 is 19.9 Å². The van der Waals surface area contributed by atoms with Gasteiger partial charge >= 0.3 is 0 Å². The zero-order valence-corrected chi connectivity index (χ0v) is 15.7. The number of rotatable bonds is 8. The van der Waals surface area contributed by atoms with E-state index in [-0.39, 0.29) is 5.78 Å². The molecular weight excluding hydrogens is 330 g/mol. The Labute approximate surface area is 154 Å². The monoisotopic (exact) mass is 355 g/mol. The summed E-state index contributed by atoms with van der Waals surface area (Å²) < 4.78 is 16.1. The molecule has 0 heterocycles. The van der Waals surface area contributed by atoms with Gasteiger partial charge in [-0.2, -0.15) is 0 Å². The summed E-state index contributed by atoms with van der Waals surface area (Å²) in [5, 5.41) is 0. The number of ether oxygens (including phenoxy) is 3. The van der Waals surface area contributed by atoms with Gasteiger partial charge in [0.2, 0.25) is 0 Å². The maximum absolute atomic E-state index is 12.9. The number of carbonyl (C=O) groups excluding carboxylic acids is 1. The highest BCUT2D eigenvalue weighted by Crippen LogP contribution is 2.29. The van der Waals surface area contributed by atoms with Crippen LogP contribution in [0.15, 0.2) is 42.0 Å². The molecule has 0 spiro atoms. The van der Waals surface area contributed by atoms with E-state index in [0.29, 0.717) is 47.1 Å². The van der Waals surface area contributed by atoms with E-state index < -0.39 is 0 Å². The Morgan fingerprint density at radius 3 is 2.35 bits per heavy atom. The quantitative estimate of drug-likeness (QED) is 0.433. The first-order valence-electron chi connectivity index (χ1n) is 8.53. The Morgan fingerprint density at radius 2 is 1.77 bits per heavy atom. The summed E-state index contributed by atoms with van der Waals surface area (Å²) in [4.78, 5) is 12.9. The molecule has 2 rings (SSSR count). The van der Waals surface area contributed by atoms with E-state index in [4.69, 9.17) is 19.9 Å². The van der Waals surface area contributed by atoms with Crippen LogP contribution in [0.25, 0.3) is 6.08 Å². The van der Waals surface area contributed by atoms with E-state index in [1.807, 2.05) is 38.1 Å². The number of nitrogen functional groups attached to an aromatic ring is 1. The van der Waals surface area contributed by atoms with Crippen LogP contribution in [0.3, 0.4) is 0 Å². The molecule has 0 unspecified atom stereocenters. The maximum Gasteiger partial charge on any atom is 0.189 e.